The number of pyridine rings is 1. The summed E-state index contributed by atoms with van der Waals surface area (Å²) in [6.45, 7) is 1.24. The maximum atomic E-state index is 10.8. The summed E-state index contributed by atoms with van der Waals surface area (Å²) in [6, 6.07) is 3.76. The highest BCUT2D eigenvalue weighted by atomic mass is 32.2. The van der Waals surface area contributed by atoms with Crippen LogP contribution in [-0.4, -0.2) is 53.5 Å². The fourth-order valence-electron chi connectivity index (χ4n) is 3.37. The molecule has 4 rings (SSSR count). The number of hydrogen-bond donors (Lipinski definition) is 1. The zero-order valence-corrected chi connectivity index (χ0v) is 15.7. The van der Waals surface area contributed by atoms with Crippen molar-refractivity contribution in [3.05, 3.63) is 63.2 Å². The predicted octanol–water partition coefficient (Wildman–Crippen LogP) is 2.84. The molecule has 3 heterocycles. The number of aliphatic hydroxyl groups is 1. The van der Waals surface area contributed by atoms with Gasteiger partial charge in [-0.05, 0) is 30.6 Å². The van der Waals surface area contributed by atoms with Crippen molar-refractivity contribution in [3.63, 3.8) is 0 Å². The Balaban J connectivity index is 1.69. The molecule has 0 radical (unpaired) electrons. The predicted molar refractivity (Wildman–Crippen MR) is 103 cm³/mol. The number of aliphatic hydroxyl groups excluding tert-OH is 1. The molecule has 0 aromatic carbocycles. The number of methoxy groups -OCH3 is 1. The molecule has 6 nitrogen and oxygen atoms in total. The Morgan fingerprint density at radius 3 is 3.04 bits per heavy atom. The lowest BCUT2D eigenvalue weighted by atomic mass is 9.94. The van der Waals surface area contributed by atoms with Crippen LogP contribution in [0.4, 0.5) is 0 Å². The summed E-state index contributed by atoms with van der Waals surface area (Å²) >= 11 is 1.78. The minimum absolute atomic E-state index is 0.427. The first-order valence-corrected chi connectivity index (χ1v) is 9.44. The second-order valence-corrected chi connectivity index (χ2v) is 7.57. The molecule has 1 atom stereocenters. The molecule has 0 saturated carbocycles. The van der Waals surface area contributed by atoms with Gasteiger partial charge in [0.25, 0.3) is 0 Å². The van der Waals surface area contributed by atoms with Gasteiger partial charge >= 0.3 is 0 Å². The van der Waals surface area contributed by atoms with E-state index in [2.05, 4.69) is 32.9 Å². The Morgan fingerprint density at radius 2 is 2.27 bits per heavy atom. The molecule has 7 heteroatoms. The van der Waals surface area contributed by atoms with E-state index in [-0.39, 0.29) is 0 Å². The molecule has 1 N–H and O–H groups in total. The summed E-state index contributed by atoms with van der Waals surface area (Å²) in [6.07, 6.45) is 8.55. The van der Waals surface area contributed by atoms with Crippen LogP contribution in [-0.2, 0) is 4.74 Å². The minimum atomic E-state index is -0.639. The first-order chi connectivity index (χ1) is 12.7. The number of ether oxygens (including phenoxy) is 1. The molecule has 0 spiro atoms. The third-order valence-electron chi connectivity index (χ3n) is 4.73. The Morgan fingerprint density at radius 1 is 1.38 bits per heavy atom. The largest absolute Gasteiger partial charge is 0.384 e. The quantitative estimate of drug-likeness (QED) is 0.879. The number of rotatable bonds is 4. The second kappa shape index (κ2) is 7.26. The van der Waals surface area contributed by atoms with Gasteiger partial charge in [0.1, 0.15) is 17.9 Å². The van der Waals surface area contributed by atoms with E-state index >= 15 is 0 Å². The number of allylic oxidation sites excluding steroid dienone is 2. The lowest BCUT2D eigenvalue weighted by molar-refractivity contribution is 0.106. The summed E-state index contributed by atoms with van der Waals surface area (Å²) < 4.78 is 5.45. The van der Waals surface area contributed by atoms with Crippen molar-refractivity contribution in [2.24, 2.45) is 4.99 Å². The summed E-state index contributed by atoms with van der Waals surface area (Å²) in [7, 11) is 3.77. The summed E-state index contributed by atoms with van der Waals surface area (Å²) in [5.41, 5.74) is 2.89. The zero-order chi connectivity index (χ0) is 18.1. The fraction of sp³-hybridized carbons (Fsp3) is 0.368. The van der Waals surface area contributed by atoms with Gasteiger partial charge in [0, 0.05) is 43.2 Å². The van der Waals surface area contributed by atoms with Crippen molar-refractivity contribution in [1.82, 2.24) is 14.8 Å². The van der Waals surface area contributed by atoms with Crippen LogP contribution in [0.3, 0.4) is 0 Å². The zero-order valence-electron chi connectivity index (χ0n) is 14.9. The SMILES string of the molecule is COCN1C2=C(CCC(C(O)c3cccnc3)=C2)SC2=C1N=CCN2C. The van der Waals surface area contributed by atoms with E-state index in [4.69, 9.17) is 4.74 Å². The van der Waals surface area contributed by atoms with Gasteiger partial charge in [0.15, 0.2) is 5.82 Å². The van der Waals surface area contributed by atoms with Crippen LogP contribution in [0.5, 0.6) is 0 Å². The van der Waals surface area contributed by atoms with Crippen molar-refractivity contribution in [1.29, 1.82) is 0 Å². The molecular weight excluding hydrogens is 348 g/mol. The van der Waals surface area contributed by atoms with Crippen LogP contribution in [0.15, 0.2) is 62.6 Å². The van der Waals surface area contributed by atoms with Crippen LogP contribution >= 0.6 is 11.8 Å². The molecule has 1 aromatic heterocycles. The molecular formula is C19H22N4O2S. The number of aliphatic imine (C=N–C) groups is 1. The van der Waals surface area contributed by atoms with Gasteiger partial charge in [-0.3, -0.25) is 9.88 Å². The molecule has 0 fully saturated rings. The Kier molecular flexibility index (Phi) is 4.84. The number of hydrogen-bond acceptors (Lipinski definition) is 7. The number of aromatic nitrogens is 1. The Labute approximate surface area is 157 Å². The second-order valence-electron chi connectivity index (χ2n) is 6.49. The molecule has 1 unspecified atom stereocenters. The first kappa shape index (κ1) is 17.3. The van der Waals surface area contributed by atoms with E-state index < -0.39 is 6.10 Å². The third kappa shape index (κ3) is 3.06. The maximum Gasteiger partial charge on any atom is 0.165 e. The van der Waals surface area contributed by atoms with Crippen LogP contribution in [0.1, 0.15) is 24.5 Å². The maximum absolute atomic E-state index is 10.8. The van der Waals surface area contributed by atoms with Crippen LogP contribution in [0, 0.1) is 0 Å². The van der Waals surface area contributed by atoms with Gasteiger partial charge in [-0.25, -0.2) is 4.99 Å². The highest BCUT2D eigenvalue weighted by molar-refractivity contribution is 8.06. The molecule has 26 heavy (non-hydrogen) atoms. The molecule has 1 aromatic rings. The standard InChI is InChI=1S/C19H22N4O2S/c1-22-9-8-21-18-19(22)26-16-6-5-13(10-15(16)23(18)12-25-2)17(24)14-4-3-7-20-11-14/h3-4,7-8,10-11,17,24H,5-6,9,12H2,1-2H3. The lowest BCUT2D eigenvalue weighted by Crippen LogP contribution is -2.35. The van der Waals surface area contributed by atoms with Crippen LogP contribution in [0.2, 0.25) is 0 Å². The van der Waals surface area contributed by atoms with Crippen molar-refractivity contribution in [3.8, 4) is 0 Å². The highest BCUT2D eigenvalue weighted by Crippen LogP contribution is 2.47. The van der Waals surface area contributed by atoms with E-state index in [0.717, 1.165) is 47.1 Å². The van der Waals surface area contributed by atoms with Crippen LogP contribution in [0.25, 0.3) is 0 Å². The topological polar surface area (TPSA) is 61.2 Å². The molecule has 0 saturated heterocycles. The number of thioether (sulfide) groups is 1. The van der Waals surface area contributed by atoms with Crippen molar-refractivity contribution in [2.75, 3.05) is 27.4 Å². The van der Waals surface area contributed by atoms with Crippen molar-refractivity contribution >= 4 is 18.0 Å². The molecule has 0 bridgehead atoms. The van der Waals surface area contributed by atoms with Gasteiger partial charge in [-0.1, -0.05) is 17.8 Å². The van der Waals surface area contributed by atoms with E-state index in [9.17, 15) is 5.11 Å². The average Bonchev–Trinajstić information content (AvgIpc) is 2.68. The highest BCUT2D eigenvalue weighted by Gasteiger charge is 2.33. The van der Waals surface area contributed by atoms with Gasteiger partial charge in [-0.2, -0.15) is 0 Å². The molecule has 0 amide bonds. The van der Waals surface area contributed by atoms with E-state index in [0.29, 0.717) is 6.73 Å². The summed E-state index contributed by atoms with van der Waals surface area (Å²) in [4.78, 5) is 14.4. The summed E-state index contributed by atoms with van der Waals surface area (Å²) in [5, 5.41) is 11.9. The van der Waals surface area contributed by atoms with Gasteiger partial charge in [0.2, 0.25) is 0 Å². The fourth-order valence-corrected chi connectivity index (χ4v) is 4.57. The van der Waals surface area contributed by atoms with E-state index in [1.165, 1.54) is 4.91 Å². The molecule has 1 aliphatic carbocycles. The molecule has 3 aliphatic rings. The number of nitrogens with zero attached hydrogens (tertiary/aromatic N) is 4. The normalized spacial score (nSPS) is 20.8. The molecule has 2 aliphatic heterocycles. The minimum Gasteiger partial charge on any atom is -0.384 e. The molecule has 136 valence electrons. The van der Waals surface area contributed by atoms with Crippen molar-refractivity contribution < 1.29 is 9.84 Å². The third-order valence-corrected chi connectivity index (χ3v) is 6.08. The monoisotopic (exact) mass is 370 g/mol. The summed E-state index contributed by atoms with van der Waals surface area (Å²) in [5.74, 6) is 0.915. The van der Waals surface area contributed by atoms with Crippen LogP contribution < -0.4 is 0 Å². The average molecular weight is 370 g/mol. The van der Waals surface area contributed by atoms with Gasteiger partial charge in [0.05, 0.1) is 12.2 Å². The van der Waals surface area contributed by atoms with Gasteiger partial charge < -0.3 is 14.7 Å². The van der Waals surface area contributed by atoms with Crippen molar-refractivity contribution in [2.45, 2.75) is 18.9 Å². The van der Waals surface area contributed by atoms with E-state index in [1.54, 1.807) is 31.3 Å². The lowest BCUT2D eigenvalue weighted by Gasteiger charge is -2.39. The van der Waals surface area contributed by atoms with E-state index in [1.807, 2.05) is 18.3 Å². The first-order valence-electron chi connectivity index (χ1n) is 8.63. The Bertz CT molecular complexity index is 816. The van der Waals surface area contributed by atoms with Gasteiger partial charge in [-0.15, -0.1) is 0 Å². The smallest absolute Gasteiger partial charge is 0.165 e. The Hall–Kier alpha value is -2.09.